The number of pyridine rings is 1. The molecule has 2 heterocycles. The van der Waals surface area contributed by atoms with E-state index >= 15 is 0 Å². The Morgan fingerprint density at radius 1 is 1.27 bits per heavy atom. The molecule has 0 aliphatic carbocycles. The van der Waals surface area contributed by atoms with Crippen molar-refractivity contribution in [1.82, 2.24) is 9.79 Å². The monoisotopic (exact) mass is 354 g/mol. The van der Waals surface area contributed by atoms with Crippen molar-refractivity contribution < 1.29 is 18.7 Å². The molecular formula is C19H20BFN2O3. The second-order valence-corrected chi connectivity index (χ2v) is 6.27. The first kappa shape index (κ1) is 18.4. The molecule has 0 atom stereocenters. The Hall–Kier alpha value is -2.41. The second-order valence-electron chi connectivity index (χ2n) is 6.27. The van der Waals surface area contributed by atoms with Crippen LogP contribution in [0.15, 0.2) is 36.4 Å². The summed E-state index contributed by atoms with van der Waals surface area (Å²) in [6.07, 6.45) is 1.89. The molecule has 7 heteroatoms. The van der Waals surface area contributed by atoms with Crippen molar-refractivity contribution in [2.24, 2.45) is 0 Å². The van der Waals surface area contributed by atoms with Crippen LogP contribution in [0.1, 0.15) is 40.4 Å². The van der Waals surface area contributed by atoms with E-state index in [1.54, 1.807) is 18.2 Å². The minimum Gasteiger partial charge on any atom is -0.473 e. The molecule has 1 aromatic heterocycles. The maximum Gasteiger partial charge on any atom is 0.340 e. The zero-order chi connectivity index (χ0) is 18.5. The van der Waals surface area contributed by atoms with Crippen LogP contribution in [-0.2, 0) is 11.3 Å². The Kier molecular flexibility index (Phi) is 5.88. The molecule has 134 valence electrons. The molecule has 2 radical (unpaired) electrons. The fourth-order valence-corrected chi connectivity index (χ4v) is 3.04. The van der Waals surface area contributed by atoms with Gasteiger partial charge in [0.1, 0.15) is 12.4 Å². The van der Waals surface area contributed by atoms with Gasteiger partial charge in [-0.2, -0.15) is 0 Å². The molecule has 0 spiro atoms. The lowest BCUT2D eigenvalue weighted by Gasteiger charge is -2.29. The molecule has 2 aromatic rings. The summed E-state index contributed by atoms with van der Waals surface area (Å²) in [7, 11) is 7.01. The first-order valence-corrected chi connectivity index (χ1v) is 8.53. The molecular weight excluding hydrogens is 334 g/mol. The van der Waals surface area contributed by atoms with Gasteiger partial charge in [-0.05, 0) is 38.1 Å². The highest BCUT2D eigenvalue weighted by molar-refractivity contribution is 6.04. The number of piperidine rings is 1. The van der Waals surface area contributed by atoms with Crippen LogP contribution in [0, 0.1) is 5.82 Å². The van der Waals surface area contributed by atoms with Gasteiger partial charge in [-0.25, -0.2) is 14.2 Å². The highest BCUT2D eigenvalue weighted by Crippen LogP contribution is 2.27. The molecule has 1 aliphatic heterocycles. The predicted molar refractivity (Wildman–Crippen MR) is 95.6 cm³/mol. The van der Waals surface area contributed by atoms with Gasteiger partial charge in [-0.3, -0.25) is 0 Å². The second kappa shape index (κ2) is 8.32. The number of hydrogen-bond acceptors (Lipinski definition) is 5. The molecule has 1 fully saturated rings. The molecule has 1 aliphatic rings. The normalized spacial score (nSPS) is 15.6. The smallest absolute Gasteiger partial charge is 0.340 e. The lowest BCUT2D eigenvalue weighted by atomic mass is 9.92. The summed E-state index contributed by atoms with van der Waals surface area (Å²) in [5.41, 5.74) is 1.12. The van der Waals surface area contributed by atoms with E-state index in [9.17, 15) is 9.18 Å². The largest absolute Gasteiger partial charge is 0.473 e. The van der Waals surface area contributed by atoms with Gasteiger partial charge in [0.05, 0.1) is 12.7 Å². The zero-order valence-electron chi connectivity index (χ0n) is 14.7. The van der Waals surface area contributed by atoms with E-state index in [4.69, 9.17) is 12.7 Å². The highest BCUT2D eigenvalue weighted by atomic mass is 19.1. The van der Waals surface area contributed by atoms with Crippen molar-refractivity contribution in [3.8, 4) is 5.88 Å². The van der Waals surface area contributed by atoms with E-state index < -0.39 is 11.8 Å². The molecule has 0 bridgehead atoms. The molecule has 26 heavy (non-hydrogen) atoms. The van der Waals surface area contributed by atoms with E-state index in [1.807, 2.05) is 16.9 Å². The number of methoxy groups -OCH3 is 1. The summed E-state index contributed by atoms with van der Waals surface area (Å²) in [4.78, 5) is 17.9. The number of carbonyl (C=O) groups excluding carboxylic acids is 1. The third-order valence-corrected chi connectivity index (χ3v) is 4.55. The summed E-state index contributed by atoms with van der Waals surface area (Å²) in [6.45, 7) is 1.65. The van der Waals surface area contributed by atoms with Crippen molar-refractivity contribution in [2.45, 2.75) is 25.4 Å². The lowest BCUT2D eigenvalue weighted by Crippen LogP contribution is -2.30. The van der Waals surface area contributed by atoms with E-state index in [2.05, 4.69) is 9.72 Å². The standard InChI is InChI=1S/C19H20BFN2O3/c1-25-19(24)15-5-2-4-14(18(15)21)12-26-17-7-3-6-16(22-17)13-8-10-23(20)11-9-13/h2-7,13H,8-12H2,1H3. The van der Waals surface area contributed by atoms with Gasteiger partial charge in [-0.1, -0.05) is 18.2 Å². The molecule has 0 saturated carbocycles. The number of rotatable bonds is 5. The van der Waals surface area contributed by atoms with Gasteiger partial charge in [-0.15, -0.1) is 0 Å². The SMILES string of the molecule is [B]N1CCC(c2cccc(OCc3cccc(C(=O)OC)c3F)n2)CC1. The van der Waals surface area contributed by atoms with Crippen LogP contribution in [0.25, 0.3) is 0 Å². The maximum absolute atomic E-state index is 14.4. The van der Waals surface area contributed by atoms with Crippen LogP contribution < -0.4 is 4.74 Å². The number of benzene rings is 1. The van der Waals surface area contributed by atoms with Crippen LogP contribution in [0.4, 0.5) is 4.39 Å². The molecule has 0 amide bonds. The van der Waals surface area contributed by atoms with Crippen LogP contribution in [-0.4, -0.2) is 43.9 Å². The number of nitrogens with zero attached hydrogens (tertiary/aromatic N) is 2. The predicted octanol–water partition coefficient (Wildman–Crippen LogP) is 2.85. The number of esters is 1. The van der Waals surface area contributed by atoms with Crippen molar-refractivity contribution in [2.75, 3.05) is 20.2 Å². The van der Waals surface area contributed by atoms with Crippen LogP contribution in [0.3, 0.4) is 0 Å². The third-order valence-electron chi connectivity index (χ3n) is 4.55. The number of halogens is 1. The Labute approximate surface area is 153 Å². The van der Waals surface area contributed by atoms with E-state index in [1.165, 1.54) is 13.2 Å². The molecule has 1 saturated heterocycles. The topological polar surface area (TPSA) is 51.7 Å². The van der Waals surface area contributed by atoms with Gasteiger partial charge < -0.3 is 14.3 Å². The quantitative estimate of drug-likeness (QED) is 0.611. The molecule has 1 aromatic carbocycles. The Morgan fingerprint density at radius 3 is 2.73 bits per heavy atom. The van der Waals surface area contributed by atoms with Gasteiger partial charge in [0.2, 0.25) is 5.88 Å². The summed E-state index contributed by atoms with van der Waals surface area (Å²) in [5, 5.41) is 0. The van der Waals surface area contributed by atoms with E-state index in [0.717, 1.165) is 31.6 Å². The first-order valence-electron chi connectivity index (χ1n) is 8.53. The van der Waals surface area contributed by atoms with Crippen molar-refractivity contribution in [3.63, 3.8) is 0 Å². The minimum atomic E-state index is -0.712. The summed E-state index contributed by atoms with van der Waals surface area (Å²) < 4.78 is 24.6. The third kappa shape index (κ3) is 4.22. The molecule has 3 rings (SSSR count). The Morgan fingerprint density at radius 2 is 2.00 bits per heavy atom. The first-order chi connectivity index (χ1) is 12.6. The van der Waals surface area contributed by atoms with Crippen LogP contribution in [0.5, 0.6) is 5.88 Å². The van der Waals surface area contributed by atoms with Crippen molar-refractivity contribution in [3.05, 3.63) is 59.0 Å². The zero-order valence-corrected chi connectivity index (χ0v) is 14.7. The number of carbonyl (C=O) groups is 1. The lowest BCUT2D eigenvalue weighted by molar-refractivity contribution is 0.0595. The van der Waals surface area contributed by atoms with Gasteiger partial charge in [0, 0.05) is 23.2 Å². The maximum atomic E-state index is 14.4. The average Bonchev–Trinajstić information content (AvgIpc) is 2.67. The Balaban J connectivity index is 1.69. The van der Waals surface area contributed by atoms with E-state index in [-0.39, 0.29) is 17.7 Å². The fourth-order valence-electron chi connectivity index (χ4n) is 3.04. The fraction of sp³-hybridized carbons (Fsp3) is 0.368. The van der Waals surface area contributed by atoms with Gasteiger partial charge in [0.15, 0.2) is 7.98 Å². The van der Waals surface area contributed by atoms with Crippen LogP contribution >= 0.6 is 0 Å². The van der Waals surface area contributed by atoms with Gasteiger partial charge >= 0.3 is 5.97 Å². The Bertz CT molecular complexity index is 779. The van der Waals surface area contributed by atoms with Crippen LogP contribution in [0.2, 0.25) is 0 Å². The highest BCUT2D eigenvalue weighted by Gasteiger charge is 2.20. The molecule has 0 N–H and O–H groups in total. The summed E-state index contributed by atoms with van der Waals surface area (Å²) in [5.74, 6) is -0.570. The summed E-state index contributed by atoms with van der Waals surface area (Å²) in [6, 6.07) is 10.1. The molecule has 5 nitrogen and oxygen atoms in total. The van der Waals surface area contributed by atoms with E-state index in [0.29, 0.717) is 11.8 Å². The minimum absolute atomic E-state index is 0.0195. The number of aromatic nitrogens is 1. The molecule has 0 unspecified atom stereocenters. The van der Waals surface area contributed by atoms with Crippen molar-refractivity contribution in [1.29, 1.82) is 0 Å². The summed E-state index contributed by atoms with van der Waals surface area (Å²) >= 11 is 0. The van der Waals surface area contributed by atoms with Gasteiger partial charge in [0.25, 0.3) is 0 Å². The van der Waals surface area contributed by atoms with Crippen molar-refractivity contribution >= 4 is 14.0 Å². The number of ether oxygens (including phenoxy) is 2. The number of hydrogen-bond donors (Lipinski definition) is 0. The average molecular weight is 354 g/mol.